The van der Waals surface area contributed by atoms with Gasteiger partial charge in [-0.2, -0.15) is 5.10 Å². The molecule has 0 radical (unpaired) electrons. The van der Waals surface area contributed by atoms with Gasteiger partial charge < -0.3 is 20.2 Å². The Balaban J connectivity index is 1.07. The summed E-state index contributed by atoms with van der Waals surface area (Å²) in [5.41, 5.74) is 9.34. The van der Waals surface area contributed by atoms with Crippen LogP contribution in [0.4, 0.5) is 11.6 Å². The number of fused-ring (bicyclic) bond motifs is 1. The third kappa shape index (κ3) is 5.72. The van der Waals surface area contributed by atoms with Crippen molar-refractivity contribution in [1.82, 2.24) is 29.6 Å². The number of aldehydes is 1. The first-order valence-corrected chi connectivity index (χ1v) is 15.4. The van der Waals surface area contributed by atoms with Crippen molar-refractivity contribution >= 4 is 29.0 Å². The Kier molecular flexibility index (Phi) is 7.89. The molecule has 2 aromatic carbocycles. The van der Waals surface area contributed by atoms with Gasteiger partial charge in [0.15, 0.2) is 5.65 Å². The molecule has 1 saturated heterocycles. The van der Waals surface area contributed by atoms with Gasteiger partial charge in [-0.1, -0.05) is 31.0 Å². The number of nitrogen functional groups attached to an aromatic ring is 1. The maximum Gasteiger partial charge on any atom is 0.169 e. The van der Waals surface area contributed by atoms with Crippen LogP contribution in [0.5, 0.6) is 11.5 Å². The number of pyridine rings is 1. The number of carbonyl (C=O) groups excluding carboxylic acids is 1. The van der Waals surface area contributed by atoms with Crippen molar-refractivity contribution < 1.29 is 9.53 Å². The van der Waals surface area contributed by atoms with Gasteiger partial charge in [-0.15, -0.1) is 0 Å². The smallest absolute Gasteiger partial charge is 0.169 e. The van der Waals surface area contributed by atoms with Crippen LogP contribution in [-0.2, 0) is 4.79 Å². The summed E-state index contributed by atoms with van der Waals surface area (Å²) in [6, 6.07) is 21.5. The van der Waals surface area contributed by atoms with E-state index in [0.717, 1.165) is 67.7 Å². The van der Waals surface area contributed by atoms with E-state index in [1.165, 1.54) is 31.9 Å². The fourth-order valence-electron chi connectivity index (χ4n) is 6.49. The predicted octanol–water partition coefficient (Wildman–Crippen LogP) is 5.38. The highest BCUT2D eigenvalue weighted by atomic mass is 16.5. The van der Waals surface area contributed by atoms with Crippen molar-refractivity contribution in [2.45, 2.75) is 25.7 Å². The molecule has 0 unspecified atom stereocenters. The lowest BCUT2D eigenvalue weighted by Gasteiger charge is -2.39. The molecular formula is C34H36N8O2. The molecule has 3 aromatic heterocycles. The zero-order chi connectivity index (χ0) is 29.9. The molecule has 2 aliphatic rings. The van der Waals surface area contributed by atoms with Crippen LogP contribution in [0.25, 0.3) is 28.0 Å². The van der Waals surface area contributed by atoms with Gasteiger partial charge in [0.05, 0.1) is 17.3 Å². The highest BCUT2D eigenvalue weighted by Crippen LogP contribution is 2.34. The second-order valence-electron chi connectivity index (χ2n) is 11.7. The number of aromatic nitrogens is 5. The van der Waals surface area contributed by atoms with Crippen molar-refractivity contribution in [2.75, 3.05) is 43.4 Å². The number of carbonyl (C=O) groups is 1. The number of benzene rings is 2. The summed E-state index contributed by atoms with van der Waals surface area (Å²) >= 11 is 0. The average Bonchev–Trinajstić information content (AvgIpc) is 3.47. The summed E-state index contributed by atoms with van der Waals surface area (Å²) in [6.45, 7) is 4.79. The first-order valence-electron chi connectivity index (χ1n) is 15.4. The molecule has 2 N–H and O–H groups in total. The second-order valence-corrected chi connectivity index (χ2v) is 11.7. The van der Waals surface area contributed by atoms with E-state index in [4.69, 9.17) is 20.6 Å². The summed E-state index contributed by atoms with van der Waals surface area (Å²) in [7, 11) is 0. The van der Waals surface area contributed by atoms with Crippen LogP contribution >= 0.6 is 0 Å². The zero-order valence-electron chi connectivity index (χ0n) is 24.6. The SMILES string of the molecule is Nc1ncnc2c1c(-c1ccc(Oc3ccccc3)cc1)nn2-c1ccc(N2CCN(C[C@@H]3CCCC[C@H]3C=O)CC2)nc1. The molecule has 224 valence electrons. The number of hydrogen-bond acceptors (Lipinski definition) is 9. The minimum atomic E-state index is 0.225. The molecule has 7 rings (SSSR count). The molecule has 44 heavy (non-hydrogen) atoms. The van der Waals surface area contributed by atoms with Crippen molar-refractivity contribution in [2.24, 2.45) is 11.8 Å². The first kappa shape index (κ1) is 28.0. The largest absolute Gasteiger partial charge is 0.457 e. The van der Waals surface area contributed by atoms with Crippen LogP contribution in [0.1, 0.15) is 25.7 Å². The van der Waals surface area contributed by atoms with E-state index in [0.29, 0.717) is 28.5 Å². The lowest BCUT2D eigenvalue weighted by Crippen LogP contribution is -2.49. The molecule has 10 nitrogen and oxygen atoms in total. The molecular weight excluding hydrogens is 552 g/mol. The van der Waals surface area contributed by atoms with Crippen molar-refractivity contribution in [3.63, 3.8) is 0 Å². The summed E-state index contributed by atoms with van der Waals surface area (Å²) in [4.78, 5) is 30.0. The van der Waals surface area contributed by atoms with Crippen LogP contribution in [0.2, 0.25) is 0 Å². The van der Waals surface area contributed by atoms with Gasteiger partial charge >= 0.3 is 0 Å². The first-order chi connectivity index (χ1) is 21.7. The van der Waals surface area contributed by atoms with Crippen LogP contribution in [0.3, 0.4) is 0 Å². The van der Waals surface area contributed by atoms with E-state index in [1.54, 1.807) is 4.68 Å². The van der Waals surface area contributed by atoms with Gasteiger partial charge in [0.25, 0.3) is 0 Å². The molecule has 0 bridgehead atoms. The second kappa shape index (κ2) is 12.4. The average molecular weight is 589 g/mol. The monoisotopic (exact) mass is 588 g/mol. The van der Waals surface area contributed by atoms with E-state index in [2.05, 4.69) is 19.8 Å². The van der Waals surface area contributed by atoms with E-state index >= 15 is 0 Å². The van der Waals surface area contributed by atoms with Crippen molar-refractivity contribution in [3.05, 3.63) is 79.3 Å². The molecule has 1 aliphatic heterocycles. The summed E-state index contributed by atoms with van der Waals surface area (Å²) in [6.07, 6.45) is 9.13. The van der Waals surface area contributed by atoms with Gasteiger partial charge in [0, 0.05) is 44.2 Å². The van der Waals surface area contributed by atoms with E-state index in [9.17, 15) is 4.79 Å². The third-order valence-electron chi connectivity index (χ3n) is 8.91. The maximum absolute atomic E-state index is 11.6. The van der Waals surface area contributed by atoms with Crippen LogP contribution in [-0.4, -0.2) is 68.6 Å². The topological polar surface area (TPSA) is 115 Å². The number of para-hydroxylation sites is 1. The highest BCUT2D eigenvalue weighted by Gasteiger charge is 2.28. The van der Waals surface area contributed by atoms with Gasteiger partial charge in [0.1, 0.15) is 41.4 Å². The number of anilines is 2. The summed E-state index contributed by atoms with van der Waals surface area (Å²) in [5, 5.41) is 5.63. The molecule has 10 heteroatoms. The van der Waals surface area contributed by atoms with Gasteiger partial charge in [0.2, 0.25) is 0 Å². The van der Waals surface area contributed by atoms with Gasteiger partial charge in [-0.05, 0) is 67.3 Å². The van der Waals surface area contributed by atoms with Gasteiger partial charge in [-0.25, -0.2) is 19.6 Å². The van der Waals surface area contributed by atoms with E-state index in [-0.39, 0.29) is 5.92 Å². The Labute approximate surface area is 256 Å². The summed E-state index contributed by atoms with van der Waals surface area (Å²) in [5.74, 6) is 3.54. The van der Waals surface area contributed by atoms with E-state index in [1.807, 2.05) is 72.9 Å². The Hall–Kier alpha value is -4.83. The van der Waals surface area contributed by atoms with Crippen LogP contribution in [0.15, 0.2) is 79.3 Å². The highest BCUT2D eigenvalue weighted by molar-refractivity contribution is 5.98. The Morgan fingerprint density at radius 1 is 0.864 bits per heavy atom. The Bertz CT molecular complexity index is 1710. The third-order valence-corrected chi connectivity index (χ3v) is 8.91. The molecule has 2 fully saturated rings. The van der Waals surface area contributed by atoms with Crippen LogP contribution < -0.4 is 15.4 Å². The number of hydrogen-bond donors (Lipinski definition) is 1. The van der Waals surface area contributed by atoms with Crippen molar-refractivity contribution in [1.29, 1.82) is 0 Å². The molecule has 2 atom stereocenters. The normalized spacial score (nSPS) is 19.2. The fourth-order valence-corrected chi connectivity index (χ4v) is 6.49. The standard InChI is InChI=1S/C34H36N8O2/c35-33-31-32(24-10-13-29(14-11-24)44-28-8-2-1-3-9-28)39-42(34(31)38-23-37-33)27-12-15-30(36-20-27)41-18-16-40(17-19-41)21-25-6-4-5-7-26(25)22-43/h1-3,8-15,20,22-23,25-26H,4-7,16-19,21H2,(H2,35,37,38)/t25-,26-/m0/s1. The molecule has 1 aliphatic carbocycles. The quantitative estimate of drug-likeness (QED) is 0.239. The minimum Gasteiger partial charge on any atom is -0.457 e. The number of nitrogens with two attached hydrogens (primary N) is 1. The number of piperazine rings is 1. The van der Waals surface area contributed by atoms with E-state index < -0.39 is 0 Å². The maximum atomic E-state index is 11.6. The van der Waals surface area contributed by atoms with Crippen molar-refractivity contribution in [3.8, 4) is 28.4 Å². The Morgan fingerprint density at radius 3 is 2.39 bits per heavy atom. The molecule has 0 amide bonds. The molecule has 1 saturated carbocycles. The fraction of sp³-hybridized carbons (Fsp3) is 0.324. The number of rotatable bonds is 8. The zero-order valence-corrected chi connectivity index (χ0v) is 24.6. The summed E-state index contributed by atoms with van der Waals surface area (Å²) < 4.78 is 7.74. The number of nitrogens with zero attached hydrogens (tertiary/aromatic N) is 7. The molecule has 4 heterocycles. The lowest BCUT2D eigenvalue weighted by molar-refractivity contribution is -0.113. The number of ether oxygens (including phenoxy) is 1. The lowest BCUT2D eigenvalue weighted by atomic mass is 9.80. The predicted molar refractivity (Wildman–Crippen MR) is 171 cm³/mol. The van der Waals surface area contributed by atoms with Crippen LogP contribution in [0, 0.1) is 11.8 Å². The van der Waals surface area contributed by atoms with Gasteiger partial charge in [-0.3, -0.25) is 4.90 Å². The minimum absolute atomic E-state index is 0.225. The molecule has 5 aromatic rings. The Morgan fingerprint density at radius 2 is 1.64 bits per heavy atom. The molecule has 0 spiro atoms.